The second-order valence-electron chi connectivity index (χ2n) is 3.36. The molecule has 0 spiro atoms. The van der Waals surface area contributed by atoms with Gasteiger partial charge in [-0.15, -0.1) is 0 Å². The summed E-state index contributed by atoms with van der Waals surface area (Å²) >= 11 is 3.47. The molecule has 1 aromatic carbocycles. The molecule has 3 heteroatoms. The van der Waals surface area contributed by atoms with Crippen molar-refractivity contribution in [2.24, 2.45) is 0 Å². The molecule has 2 aromatic rings. The largest absolute Gasteiger partial charge is 0.244 e. The van der Waals surface area contributed by atoms with Crippen molar-refractivity contribution < 1.29 is 0 Å². The smallest absolute Gasteiger partial charge is 0.115 e. The van der Waals surface area contributed by atoms with Gasteiger partial charge in [-0.25, -0.2) is 9.97 Å². The van der Waals surface area contributed by atoms with Crippen LogP contribution >= 0.6 is 15.9 Å². The minimum absolute atomic E-state index is 0.923. The maximum atomic E-state index is 4.28. The van der Waals surface area contributed by atoms with Gasteiger partial charge in [0.1, 0.15) is 6.33 Å². The van der Waals surface area contributed by atoms with Crippen LogP contribution in [0.2, 0.25) is 0 Å². The van der Waals surface area contributed by atoms with E-state index >= 15 is 0 Å². The van der Waals surface area contributed by atoms with Gasteiger partial charge < -0.3 is 0 Å². The third-order valence-corrected chi connectivity index (χ3v) is 3.00. The van der Waals surface area contributed by atoms with Gasteiger partial charge in [0.05, 0.1) is 5.69 Å². The van der Waals surface area contributed by atoms with Crippen LogP contribution in [0.4, 0.5) is 0 Å². The lowest BCUT2D eigenvalue weighted by Gasteiger charge is -1.98. The summed E-state index contributed by atoms with van der Waals surface area (Å²) in [6, 6.07) is 6.33. The van der Waals surface area contributed by atoms with Crippen molar-refractivity contribution >= 4 is 15.9 Å². The number of halogens is 1. The van der Waals surface area contributed by atoms with Crippen molar-refractivity contribution in [3.05, 3.63) is 46.5 Å². The molecule has 68 valence electrons. The van der Waals surface area contributed by atoms with Crippen LogP contribution in [0, 0.1) is 0 Å². The van der Waals surface area contributed by atoms with Crippen LogP contribution in [-0.4, -0.2) is 9.97 Å². The van der Waals surface area contributed by atoms with Crippen LogP contribution in [0.1, 0.15) is 11.3 Å². The summed E-state index contributed by atoms with van der Waals surface area (Å²) in [5, 5.41) is 0. The molecule has 2 nitrogen and oxygen atoms in total. The normalized spacial score (nSPS) is 12.4. The van der Waals surface area contributed by atoms with E-state index in [0.717, 1.165) is 16.6 Å². The summed E-state index contributed by atoms with van der Waals surface area (Å²) in [5.74, 6) is 0. The molecular weight excluding hydrogens is 240 g/mol. The molecule has 0 saturated heterocycles. The van der Waals surface area contributed by atoms with Gasteiger partial charge in [-0.3, -0.25) is 0 Å². The van der Waals surface area contributed by atoms with Gasteiger partial charge in [-0.1, -0.05) is 22.0 Å². The topological polar surface area (TPSA) is 25.8 Å². The highest BCUT2D eigenvalue weighted by Crippen LogP contribution is 2.35. The Labute approximate surface area is 90.2 Å². The first kappa shape index (κ1) is 8.12. The lowest BCUT2D eigenvalue weighted by Crippen LogP contribution is -1.86. The molecule has 1 aromatic heterocycles. The Balaban J connectivity index is 2.27. The summed E-state index contributed by atoms with van der Waals surface area (Å²) in [5.41, 5.74) is 4.90. The van der Waals surface area contributed by atoms with Crippen LogP contribution in [0.25, 0.3) is 11.1 Å². The maximum absolute atomic E-state index is 4.28. The molecule has 1 heterocycles. The standard InChI is InChI=1S/C11H7BrN2/c12-8-1-2-9-7(3-8)4-11-10(9)5-13-6-14-11/h1-3,5-6H,4H2. The third kappa shape index (κ3) is 1.09. The van der Waals surface area contributed by atoms with Crippen molar-refractivity contribution in [2.45, 2.75) is 6.42 Å². The second kappa shape index (κ2) is 2.89. The monoisotopic (exact) mass is 246 g/mol. The van der Waals surface area contributed by atoms with E-state index in [-0.39, 0.29) is 0 Å². The number of hydrogen-bond donors (Lipinski definition) is 0. The predicted octanol–water partition coefficient (Wildman–Crippen LogP) is 2.81. The van der Waals surface area contributed by atoms with E-state index in [1.807, 2.05) is 6.20 Å². The quantitative estimate of drug-likeness (QED) is 0.610. The fourth-order valence-electron chi connectivity index (χ4n) is 1.87. The number of benzene rings is 1. The van der Waals surface area contributed by atoms with Crippen LogP contribution in [0.3, 0.4) is 0 Å². The molecule has 0 amide bonds. The van der Waals surface area contributed by atoms with Crippen molar-refractivity contribution in [1.82, 2.24) is 9.97 Å². The summed E-state index contributed by atoms with van der Waals surface area (Å²) < 4.78 is 1.12. The Morgan fingerprint density at radius 3 is 3.07 bits per heavy atom. The first-order chi connectivity index (χ1) is 6.84. The lowest BCUT2D eigenvalue weighted by molar-refractivity contribution is 1.07. The molecule has 0 unspecified atom stereocenters. The molecule has 0 bridgehead atoms. The molecule has 0 radical (unpaired) electrons. The van der Waals surface area contributed by atoms with Crippen molar-refractivity contribution in [2.75, 3.05) is 0 Å². The number of rotatable bonds is 0. The zero-order valence-electron chi connectivity index (χ0n) is 7.37. The Morgan fingerprint density at radius 2 is 2.14 bits per heavy atom. The van der Waals surface area contributed by atoms with E-state index in [1.54, 1.807) is 6.33 Å². The maximum Gasteiger partial charge on any atom is 0.115 e. The van der Waals surface area contributed by atoms with Gasteiger partial charge in [0.2, 0.25) is 0 Å². The highest BCUT2D eigenvalue weighted by Gasteiger charge is 2.19. The van der Waals surface area contributed by atoms with Gasteiger partial charge in [0.15, 0.2) is 0 Å². The number of nitrogens with zero attached hydrogens (tertiary/aromatic N) is 2. The highest BCUT2D eigenvalue weighted by molar-refractivity contribution is 9.10. The van der Waals surface area contributed by atoms with Crippen LogP contribution in [-0.2, 0) is 6.42 Å². The molecular formula is C11H7BrN2. The first-order valence-electron chi connectivity index (χ1n) is 4.42. The van der Waals surface area contributed by atoms with E-state index in [0.29, 0.717) is 0 Å². The molecule has 0 atom stereocenters. The molecule has 14 heavy (non-hydrogen) atoms. The zero-order valence-corrected chi connectivity index (χ0v) is 8.95. The van der Waals surface area contributed by atoms with Gasteiger partial charge in [0.25, 0.3) is 0 Å². The average Bonchev–Trinajstić information content (AvgIpc) is 2.54. The predicted molar refractivity (Wildman–Crippen MR) is 58.0 cm³/mol. The Morgan fingerprint density at radius 1 is 1.21 bits per heavy atom. The summed E-state index contributed by atoms with van der Waals surface area (Å²) in [7, 11) is 0. The molecule has 0 fully saturated rings. The zero-order chi connectivity index (χ0) is 9.54. The Kier molecular flexibility index (Phi) is 1.67. The van der Waals surface area contributed by atoms with Crippen LogP contribution in [0.5, 0.6) is 0 Å². The molecule has 0 saturated carbocycles. The van der Waals surface area contributed by atoms with Crippen molar-refractivity contribution in [3.8, 4) is 11.1 Å². The number of fused-ring (bicyclic) bond motifs is 3. The van der Waals surface area contributed by atoms with Crippen molar-refractivity contribution in [3.63, 3.8) is 0 Å². The number of hydrogen-bond acceptors (Lipinski definition) is 2. The number of aromatic nitrogens is 2. The second-order valence-corrected chi connectivity index (χ2v) is 4.28. The van der Waals surface area contributed by atoms with Crippen LogP contribution < -0.4 is 0 Å². The molecule has 3 rings (SSSR count). The lowest BCUT2D eigenvalue weighted by atomic mass is 10.1. The van der Waals surface area contributed by atoms with E-state index in [9.17, 15) is 0 Å². The SMILES string of the molecule is Brc1ccc2c(c1)Cc1ncncc1-2. The summed E-state index contributed by atoms with van der Waals surface area (Å²) in [4.78, 5) is 8.33. The van der Waals surface area contributed by atoms with E-state index < -0.39 is 0 Å². The summed E-state index contributed by atoms with van der Waals surface area (Å²) in [6.07, 6.45) is 4.43. The molecule has 0 aliphatic heterocycles. The fraction of sp³-hybridized carbons (Fsp3) is 0.0909. The minimum Gasteiger partial charge on any atom is -0.244 e. The minimum atomic E-state index is 0.923. The fourth-order valence-corrected chi connectivity index (χ4v) is 2.28. The molecule has 1 aliphatic carbocycles. The first-order valence-corrected chi connectivity index (χ1v) is 5.21. The van der Waals surface area contributed by atoms with E-state index in [4.69, 9.17) is 0 Å². The van der Waals surface area contributed by atoms with Gasteiger partial charge >= 0.3 is 0 Å². The van der Waals surface area contributed by atoms with Gasteiger partial charge in [0, 0.05) is 22.7 Å². The molecule has 1 aliphatic rings. The summed E-state index contributed by atoms with van der Waals surface area (Å²) in [6.45, 7) is 0. The van der Waals surface area contributed by atoms with E-state index in [1.165, 1.54) is 16.7 Å². The third-order valence-electron chi connectivity index (χ3n) is 2.51. The van der Waals surface area contributed by atoms with Crippen molar-refractivity contribution in [1.29, 1.82) is 0 Å². The Hall–Kier alpha value is -1.22. The van der Waals surface area contributed by atoms with Gasteiger partial charge in [-0.05, 0) is 23.3 Å². The van der Waals surface area contributed by atoms with Gasteiger partial charge in [-0.2, -0.15) is 0 Å². The molecule has 0 N–H and O–H groups in total. The average molecular weight is 247 g/mol. The Bertz CT molecular complexity index is 508. The van der Waals surface area contributed by atoms with Crippen LogP contribution in [0.15, 0.2) is 35.2 Å². The highest BCUT2D eigenvalue weighted by atomic mass is 79.9. The van der Waals surface area contributed by atoms with E-state index in [2.05, 4.69) is 44.1 Å².